The van der Waals surface area contributed by atoms with E-state index in [9.17, 15) is 9.59 Å². The van der Waals surface area contributed by atoms with Crippen LogP contribution in [-0.4, -0.2) is 42.1 Å². The van der Waals surface area contributed by atoms with Crippen molar-refractivity contribution < 1.29 is 14.3 Å². The molecule has 2 heterocycles. The minimum absolute atomic E-state index is 0.0914. The molecule has 0 aromatic heterocycles. The highest BCUT2D eigenvalue weighted by atomic mass is 16.6. The molecule has 0 aromatic carbocycles. The van der Waals surface area contributed by atoms with E-state index in [1.54, 1.807) is 4.90 Å². The molecule has 0 aromatic rings. The Hall–Kier alpha value is -1.26. The van der Waals surface area contributed by atoms with Crippen LogP contribution in [0, 0.1) is 11.8 Å². The van der Waals surface area contributed by atoms with E-state index < -0.39 is 5.60 Å². The van der Waals surface area contributed by atoms with E-state index >= 15 is 0 Å². The topological polar surface area (TPSA) is 58.6 Å². The van der Waals surface area contributed by atoms with Gasteiger partial charge in [-0.25, -0.2) is 4.79 Å². The van der Waals surface area contributed by atoms with Crippen LogP contribution in [0.5, 0.6) is 0 Å². The van der Waals surface area contributed by atoms with Crippen molar-refractivity contribution in [3.8, 4) is 0 Å². The van der Waals surface area contributed by atoms with Crippen molar-refractivity contribution in [1.82, 2.24) is 10.2 Å². The molecular weight excluding hydrogens is 220 g/mol. The molecule has 1 N–H and O–H groups in total. The first-order valence-corrected chi connectivity index (χ1v) is 6.12. The number of hydrogen-bond donors (Lipinski definition) is 1. The van der Waals surface area contributed by atoms with Gasteiger partial charge in [0.05, 0.1) is 0 Å². The number of fused-ring (bicyclic) bond motifs is 1. The van der Waals surface area contributed by atoms with Gasteiger partial charge in [-0.1, -0.05) is 0 Å². The first kappa shape index (κ1) is 12.2. The lowest BCUT2D eigenvalue weighted by Gasteiger charge is -2.34. The van der Waals surface area contributed by atoms with Gasteiger partial charge in [-0.15, -0.1) is 0 Å². The number of nitrogens with one attached hydrogen (secondary N) is 1. The second-order valence-electron chi connectivity index (χ2n) is 5.83. The Balaban J connectivity index is 1.93. The zero-order valence-electron chi connectivity index (χ0n) is 10.7. The molecule has 2 atom stereocenters. The van der Waals surface area contributed by atoms with E-state index in [-0.39, 0.29) is 23.8 Å². The standard InChI is InChI=1S/C12H20N2O3/c1-12(2,3)17-11(16)14-5-4-9-8(7-14)6-13-10(9)15/h8-9H,4-7H2,1-3H3,(H,13,15)/t8-,9?/m0/s1. The van der Waals surface area contributed by atoms with Crippen molar-refractivity contribution >= 4 is 12.0 Å². The van der Waals surface area contributed by atoms with Gasteiger partial charge < -0.3 is 15.0 Å². The Kier molecular flexibility index (Phi) is 3.02. The molecule has 2 aliphatic heterocycles. The Bertz CT molecular complexity index is 335. The largest absolute Gasteiger partial charge is 0.444 e. The quantitative estimate of drug-likeness (QED) is 0.687. The third kappa shape index (κ3) is 2.70. The SMILES string of the molecule is CC(C)(C)OC(=O)N1CCC2C(=O)NC[C@H]2C1. The summed E-state index contributed by atoms with van der Waals surface area (Å²) in [4.78, 5) is 25.1. The molecule has 2 aliphatic rings. The number of ether oxygens (including phenoxy) is 1. The predicted molar refractivity (Wildman–Crippen MR) is 62.4 cm³/mol. The van der Waals surface area contributed by atoms with E-state index in [1.165, 1.54) is 0 Å². The third-order valence-electron chi connectivity index (χ3n) is 3.26. The summed E-state index contributed by atoms with van der Waals surface area (Å²) in [5.41, 5.74) is -0.461. The molecule has 0 saturated carbocycles. The van der Waals surface area contributed by atoms with Gasteiger partial charge in [-0.3, -0.25) is 4.79 Å². The lowest BCUT2D eigenvalue weighted by Crippen LogP contribution is -2.46. The van der Waals surface area contributed by atoms with E-state index in [0.717, 1.165) is 6.42 Å². The third-order valence-corrected chi connectivity index (χ3v) is 3.26. The molecular formula is C12H20N2O3. The second kappa shape index (κ2) is 4.20. The molecule has 1 unspecified atom stereocenters. The van der Waals surface area contributed by atoms with Crippen LogP contribution in [0.25, 0.3) is 0 Å². The summed E-state index contributed by atoms with van der Waals surface area (Å²) in [6.45, 7) is 7.50. The fraction of sp³-hybridized carbons (Fsp3) is 0.833. The maximum Gasteiger partial charge on any atom is 0.410 e. The molecule has 2 rings (SSSR count). The lowest BCUT2D eigenvalue weighted by molar-refractivity contribution is -0.124. The average Bonchev–Trinajstić information content (AvgIpc) is 2.57. The average molecular weight is 240 g/mol. The fourth-order valence-electron chi connectivity index (χ4n) is 2.44. The summed E-state index contributed by atoms with van der Waals surface area (Å²) in [7, 11) is 0. The van der Waals surface area contributed by atoms with Gasteiger partial charge in [0.15, 0.2) is 0 Å². The lowest BCUT2D eigenvalue weighted by atomic mass is 9.88. The Labute approximate surface area is 101 Å². The summed E-state index contributed by atoms with van der Waals surface area (Å²) in [6, 6.07) is 0. The van der Waals surface area contributed by atoms with E-state index in [4.69, 9.17) is 4.74 Å². The maximum atomic E-state index is 11.9. The Morgan fingerprint density at radius 2 is 2.18 bits per heavy atom. The molecule has 0 aliphatic carbocycles. The Morgan fingerprint density at radius 1 is 1.47 bits per heavy atom. The number of amides is 2. The number of likely N-dealkylation sites (tertiary alicyclic amines) is 1. The fourth-order valence-corrected chi connectivity index (χ4v) is 2.44. The van der Waals surface area contributed by atoms with Crippen molar-refractivity contribution in [3.05, 3.63) is 0 Å². The molecule has 2 fully saturated rings. The molecule has 0 bridgehead atoms. The van der Waals surface area contributed by atoms with Gasteiger partial charge in [0, 0.05) is 31.5 Å². The van der Waals surface area contributed by atoms with E-state index in [2.05, 4.69) is 5.32 Å². The molecule has 96 valence electrons. The van der Waals surface area contributed by atoms with Gasteiger partial charge in [0.1, 0.15) is 5.60 Å². The summed E-state index contributed by atoms with van der Waals surface area (Å²) in [6.07, 6.45) is 0.478. The summed E-state index contributed by atoms with van der Waals surface area (Å²) >= 11 is 0. The van der Waals surface area contributed by atoms with Crippen LogP contribution in [0.3, 0.4) is 0 Å². The van der Waals surface area contributed by atoms with E-state index in [0.29, 0.717) is 19.6 Å². The van der Waals surface area contributed by atoms with Gasteiger partial charge in [0.2, 0.25) is 5.91 Å². The summed E-state index contributed by atoms with van der Waals surface area (Å²) < 4.78 is 5.33. The highest BCUT2D eigenvalue weighted by molar-refractivity contribution is 5.81. The maximum absolute atomic E-state index is 11.9. The molecule has 5 heteroatoms. The molecule has 0 radical (unpaired) electrons. The van der Waals surface area contributed by atoms with Crippen LogP contribution in [0.1, 0.15) is 27.2 Å². The van der Waals surface area contributed by atoms with Gasteiger partial charge >= 0.3 is 6.09 Å². The minimum atomic E-state index is -0.461. The smallest absolute Gasteiger partial charge is 0.410 e. The van der Waals surface area contributed by atoms with Crippen molar-refractivity contribution in [2.75, 3.05) is 19.6 Å². The minimum Gasteiger partial charge on any atom is -0.444 e. The summed E-state index contributed by atoms with van der Waals surface area (Å²) in [5.74, 6) is 0.483. The molecule has 17 heavy (non-hydrogen) atoms. The highest BCUT2D eigenvalue weighted by Crippen LogP contribution is 2.28. The van der Waals surface area contributed by atoms with Gasteiger partial charge in [-0.2, -0.15) is 0 Å². The van der Waals surface area contributed by atoms with Gasteiger partial charge in [-0.05, 0) is 27.2 Å². The zero-order chi connectivity index (χ0) is 12.6. The van der Waals surface area contributed by atoms with Crippen molar-refractivity contribution in [2.24, 2.45) is 11.8 Å². The number of carbonyl (C=O) groups excluding carboxylic acids is 2. The van der Waals surface area contributed by atoms with Crippen LogP contribution < -0.4 is 5.32 Å². The van der Waals surface area contributed by atoms with Crippen LogP contribution >= 0.6 is 0 Å². The zero-order valence-corrected chi connectivity index (χ0v) is 10.7. The molecule has 0 spiro atoms. The Morgan fingerprint density at radius 3 is 2.82 bits per heavy atom. The highest BCUT2D eigenvalue weighted by Gasteiger charge is 2.40. The first-order chi connectivity index (χ1) is 7.87. The monoisotopic (exact) mass is 240 g/mol. The van der Waals surface area contributed by atoms with Crippen LogP contribution in [0.4, 0.5) is 4.79 Å². The van der Waals surface area contributed by atoms with Crippen molar-refractivity contribution in [1.29, 1.82) is 0 Å². The van der Waals surface area contributed by atoms with E-state index in [1.807, 2.05) is 20.8 Å². The van der Waals surface area contributed by atoms with Crippen molar-refractivity contribution in [3.63, 3.8) is 0 Å². The summed E-state index contributed by atoms with van der Waals surface area (Å²) in [5, 5.41) is 2.85. The number of hydrogen-bond acceptors (Lipinski definition) is 3. The van der Waals surface area contributed by atoms with Crippen LogP contribution in [0.15, 0.2) is 0 Å². The number of carbonyl (C=O) groups is 2. The van der Waals surface area contributed by atoms with Crippen molar-refractivity contribution in [2.45, 2.75) is 32.8 Å². The molecule has 5 nitrogen and oxygen atoms in total. The number of nitrogens with zero attached hydrogens (tertiary/aromatic N) is 1. The second-order valence-corrected chi connectivity index (χ2v) is 5.83. The molecule has 2 amide bonds. The first-order valence-electron chi connectivity index (χ1n) is 6.12. The number of piperidine rings is 1. The molecule has 2 saturated heterocycles. The number of rotatable bonds is 0. The predicted octanol–water partition coefficient (Wildman–Crippen LogP) is 0.989. The van der Waals surface area contributed by atoms with Crippen LogP contribution in [-0.2, 0) is 9.53 Å². The van der Waals surface area contributed by atoms with Gasteiger partial charge in [0.25, 0.3) is 0 Å². The van der Waals surface area contributed by atoms with Crippen LogP contribution in [0.2, 0.25) is 0 Å². The normalized spacial score (nSPS) is 28.6.